The van der Waals surface area contributed by atoms with E-state index < -0.39 is 0 Å². The van der Waals surface area contributed by atoms with E-state index in [0.717, 1.165) is 30.2 Å². The van der Waals surface area contributed by atoms with Crippen LogP contribution in [0, 0.1) is 6.92 Å². The first kappa shape index (κ1) is 14.2. The molecular formula is C14H23N3O2. The lowest BCUT2D eigenvalue weighted by Gasteiger charge is -2.36. The fourth-order valence-corrected chi connectivity index (χ4v) is 2.27. The van der Waals surface area contributed by atoms with Crippen LogP contribution in [0.1, 0.15) is 44.1 Å². The van der Waals surface area contributed by atoms with Gasteiger partial charge < -0.3 is 15.2 Å². The van der Waals surface area contributed by atoms with Crippen LogP contribution in [0.15, 0.2) is 6.07 Å². The predicted octanol–water partition coefficient (Wildman–Crippen LogP) is 1.86. The molecule has 1 fully saturated rings. The molecule has 1 aliphatic heterocycles. The number of aryl methyl sites for hydroxylation is 1. The summed E-state index contributed by atoms with van der Waals surface area (Å²) in [6.45, 7) is 7.57. The molecule has 2 rings (SSSR count). The minimum atomic E-state index is -0.312. The summed E-state index contributed by atoms with van der Waals surface area (Å²) in [5.41, 5.74) is 0.633. The SMILES string of the molecule is Cc1cc(NC2(CO)CCOCC2)nc(C(C)C)n1. The number of ether oxygens (including phenoxy) is 1. The monoisotopic (exact) mass is 265 g/mol. The Morgan fingerprint density at radius 1 is 1.37 bits per heavy atom. The van der Waals surface area contributed by atoms with Gasteiger partial charge >= 0.3 is 0 Å². The average molecular weight is 265 g/mol. The van der Waals surface area contributed by atoms with Crippen molar-refractivity contribution in [3.8, 4) is 0 Å². The molecule has 19 heavy (non-hydrogen) atoms. The number of nitrogens with zero attached hydrogens (tertiary/aromatic N) is 2. The van der Waals surface area contributed by atoms with Gasteiger partial charge in [-0.1, -0.05) is 13.8 Å². The topological polar surface area (TPSA) is 67.3 Å². The van der Waals surface area contributed by atoms with Crippen LogP contribution in [0.3, 0.4) is 0 Å². The Morgan fingerprint density at radius 2 is 2.05 bits per heavy atom. The van der Waals surface area contributed by atoms with Crippen molar-refractivity contribution in [2.75, 3.05) is 25.1 Å². The van der Waals surface area contributed by atoms with Crippen molar-refractivity contribution < 1.29 is 9.84 Å². The summed E-state index contributed by atoms with van der Waals surface area (Å²) in [7, 11) is 0. The molecule has 0 unspecified atom stereocenters. The Morgan fingerprint density at radius 3 is 2.63 bits per heavy atom. The van der Waals surface area contributed by atoms with Gasteiger partial charge in [0.25, 0.3) is 0 Å². The van der Waals surface area contributed by atoms with E-state index in [-0.39, 0.29) is 12.1 Å². The predicted molar refractivity (Wildman–Crippen MR) is 74.4 cm³/mol. The summed E-state index contributed by atoms with van der Waals surface area (Å²) in [6.07, 6.45) is 1.59. The lowest BCUT2D eigenvalue weighted by molar-refractivity contribution is 0.0378. The largest absolute Gasteiger partial charge is 0.394 e. The molecule has 2 N–H and O–H groups in total. The van der Waals surface area contributed by atoms with Gasteiger partial charge in [0.05, 0.1) is 12.1 Å². The van der Waals surface area contributed by atoms with Crippen molar-refractivity contribution in [3.05, 3.63) is 17.6 Å². The van der Waals surface area contributed by atoms with Crippen LogP contribution in [-0.4, -0.2) is 40.4 Å². The molecule has 1 aliphatic rings. The Kier molecular flexibility index (Phi) is 4.37. The molecule has 0 aliphatic carbocycles. The van der Waals surface area contributed by atoms with Gasteiger partial charge in [-0.3, -0.25) is 0 Å². The van der Waals surface area contributed by atoms with Crippen LogP contribution < -0.4 is 5.32 Å². The molecule has 106 valence electrons. The number of hydrogen-bond donors (Lipinski definition) is 2. The van der Waals surface area contributed by atoms with Gasteiger partial charge in [-0.05, 0) is 19.8 Å². The van der Waals surface area contributed by atoms with Crippen molar-refractivity contribution in [1.82, 2.24) is 9.97 Å². The zero-order valence-corrected chi connectivity index (χ0v) is 11.9. The smallest absolute Gasteiger partial charge is 0.133 e. The first-order chi connectivity index (χ1) is 9.04. The highest BCUT2D eigenvalue weighted by atomic mass is 16.5. The number of rotatable bonds is 4. The van der Waals surface area contributed by atoms with Gasteiger partial charge in [0.15, 0.2) is 0 Å². The van der Waals surface area contributed by atoms with Crippen LogP contribution in [0.25, 0.3) is 0 Å². The van der Waals surface area contributed by atoms with Crippen molar-refractivity contribution in [1.29, 1.82) is 0 Å². The van der Waals surface area contributed by atoms with Crippen LogP contribution in [0.2, 0.25) is 0 Å². The first-order valence-corrected chi connectivity index (χ1v) is 6.87. The first-order valence-electron chi connectivity index (χ1n) is 6.87. The van der Waals surface area contributed by atoms with E-state index in [2.05, 4.69) is 29.1 Å². The summed E-state index contributed by atoms with van der Waals surface area (Å²) in [6, 6.07) is 1.93. The van der Waals surface area contributed by atoms with Gasteiger partial charge in [0.1, 0.15) is 11.6 Å². The number of nitrogens with one attached hydrogen (secondary N) is 1. The zero-order valence-electron chi connectivity index (χ0n) is 11.9. The van der Waals surface area contributed by atoms with Gasteiger partial charge in [0.2, 0.25) is 0 Å². The minimum Gasteiger partial charge on any atom is -0.394 e. The average Bonchev–Trinajstić information content (AvgIpc) is 2.39. The standard InChI is InChI=1S/C14H23N3O2/c1-10(2)13-15-11(3)8-12(16-13)17-14(9-18)4-6-19-7-5-14/h8,10,18H,4-7,9H2,1-3H3,(H,15,16,17). The molecule has 0 amide bonds. The number of hydrogen-bond acceptors (Lipinski definition) is 5. The highest BCUT2D eigenvalue weighted by molar-refractivity contribution is 5.39. The number of aliphatic hydroxyl groups is 1. The van der Waals surface area contributed by atoms with Gasteiger partial charge in [-0.25, -0.2) is 9.97 Å². The molecule has 1 aromatic rings. The van der Waals surface area contributed by atoms with E-state index in [1.807, 2.05) is 13.0 Å². The molecule has 1 saturated heterocycles. The molecule has 0 radical (unpaired) electrons. The molecular weight excluding hydrogens is 242 g/mol. The van der Waals surface area contributed by atoms with E-state index in [1.165, 1.54) is 0 Å². The van der Waals surface area contributed by atoms with Crippen LogP contribution in [0.5, 0.6) is 0 Å². The van der Waals surface area contributed by atoms with Crippen molar-refractivity contribution >= 4 is 5.82 Å². The summed E-state index contributed by atoms with van der Waals surface area (Å²) in [4.78, 5) is 8.98. The van der Waals surface area contributed by atoms with Crippen molar-refractivity contribution in [2.45, 2.75) is 45.1 Å². The number of aromatic nitrogens is 2. The Labute approximate surface area is 114 Å². The second-order valence-electron chi connectivity index (χ2n) is 5.58. The van der Waals surface area contributed by atoms with Crippen LogP contribution in [0.4, 0.5) is 5.82 Å². The summed E-state index contributed by atoms with van der Waals surface area (Å²) < 4.78 is 5.37. The molecule has 2 heterocycles. The molecule has 0 atom stereocenters. The molecule has 0 bridgehead atoms. The second kappa shape index (κ2) is 5.84. The fraction of sp³-hybridized carbons (Fsp3) is 0.714. The summed E-state index contributed by atoms with van der Waals surface area (Å²) in [5.74, 6) is 1.93. The second-order valence-corrected chi connectivity index (χ2v) is 5.58. The van der Waals surface area contributed by atoms with Crippen LogP contribution >= 0.6 is 0 Å². The van der Waals surface area contributed by atoms with E-state index in [1.54, 1.807) is 0 Å². The minimum absolute atomic E-state index is 0.0937. The van der Waals surface area contributed by atoms with Gasteiger partial charge in [0, 0.05) is 30.9 Å². The number of anilines is 1. The Hall–Kier alpha value is -1.20. The quantitative estimate of drug-likeness (QED) is 0.870. The van der Waals surface area contributed by atoms with E-state index in [4.69, 9.17) is 4.74 Å². The maximum atomic E-state index is 9.69. The Balaban J connectivity index is 2.21. The fourth-order valence-electron chi connectivity index (χ4n) is 2.27. The maximum Gasteiger partial charge on any atom is 0.133 e. The van der Waals surface area contributed by atoms with Gasteiger partial charge in [-0.15, -0.1) is 0 Å². The van der Waals surface area contributed by atoms with E-state index in [0.29, 0.717) is 19.1 Å². The highest BCUT2D eigenvalue weighted by Gasteiger charge is 2.32. The maximum absolute atomic E-state index is 9.69. The molecule has 5 heteroatoms. The summed E-state index contributed by atoms with van der Waals surface area (Å²) >= 11 is 0. The molecule has 0 spiro atoms. The van der Waals surface area contributed by atoms with E-state index >= 15 is 0 Å². The van der Waals surface area contributed by atoms with Crippen molar-refractivity contribution in [2.24, 2.45) is 0 Å². The lowest BCUT2D eigenvalue weighted by atomic mass is 9.91. The molecule has 0 saturated carbocycles. The van der Waals surface area contributed by atoms with Crippen LogP contribution in [-0.2, 0) is 4.74 Å². The van der Waals surface area contributed by atoms with E-state index in [9.17, 15) is 5.11 Å². The zero-order chi connectivity index (χ0) is 13.9. The third-order valence-corrected chi connectivity index (χ3v) is 3.53. The molecule has 0 aromatic carbocycles. The normalized spacial score (nSPS) is 18.6. The third-order valence-electron chi connectivity index (χ3n) is 3.53. The van der Waals surface area contributed by atoms with Gasteiger partial charge in [-0.2, -0.15) is 0 Å². The highest BCUT2D eigenvalue weighted by Crippen LogP contribution is 2.25. The molecule has 1 aromatic heterocycles. The summed E-state index contributed by atoms with van der Waals surface area (Å²) in [5, 5.41) is 13.1. The number of aliphatic hydroxyl groups excluding tert-OH is 1. The Bertz CT molecular complexity index is 429. The third kappa shape index (κ3) is 3.42. The lowest BCUT2D eigenvalue weighted by Crippen LogP contribution is -2.47. The van der Waals surface area contributed by atoms with Crippen molar-refractivity contribution in [3.63, 3.8) is 0 Å². The molecule has 5 nitrogen and oxygen atoms in total.